The molecule has 0 bridgehead atoms. The molecular weight excluding hydrogens is 548 g/mol. The molecule has 3 aromatic heterocycles. The van der Waals surface area contributed by atoms with E-state index < -0.39 is 0 Å². The van der Waals surface area contributed by atoms with E-state index in [0.717, 1.165) is 26.5 Å². The number of hydrogen-bond donors (Lipinski definition) is 1. The highest BCUT2D eigenvalue weighted by molar-refractivity contribution is 9.10. The van der Waals surface area contributed by atoms with Crippen LogP contribution in [0.15, 0.2) is 81.1 Å². The highest BCUT2D eigenvalue weighted by Gasteiger charge is 2.32. The molecule has 0 atom stereocenters. The van der Waals surface area contributed by atoms with Crippen LogP contribution in [-0.2, 0) is 29.2 Å². The van der Waals surface area contributed by atoms with E-state index in [1.807, 2.05) is 53.2 Å². The van der Waals surface area contributed by atoms with Gasteiger partial charge in [0.2, 0.25) is 5.91 Å². The van der Waals surface area contributed by atoms with Gasteiger partial charge in [-0.15, -0.1) is 0 Å². The Morgan fingerprint density at radius 3 is 2.91 bits per heavy atom. The zero-order valence-corrected chi connectivity index (χ0v) is 21.5. The molecule has 1 fully saturated rings. The molecule has 1 N–H and O–H groups in total. The van der Waals surface area contributed by atoms with Gasteiger partial charge in [0.05, 0.1) is 24.3 Å². The predicted molar refractivity (Wildman–Crippen MR) is 143 cm³/mol. The first-order valence-electron chi connectivity index (χ1n) is 10.7. The van der Waals surface area contributed by atoms with E-state index in [1.165, 1.54) is 11.8 Å². The van der Waals surface area contributed by atoms with Gasteiger partial charge in [-0.05, 0) is 48.0 Å². The lowest BCUT2D eigenvalue weighted by Crippen LogP contribution is -2.27. The van der Waals surface area contributed by atoms with Gasteiger partial charge < -0.3 is 14.3 Å². The van der Waals surface area contributed by atoms with Crippen LogP contribution in [0, 0.1) is 0 Å². The standard InChI is InChI=1S/C25H19BrN4O3S2/c26-18-5-6-21-20(10-18)17(14-29(21)15-23(31)28-12-19-4-2-8-33-19)9-22-24(32)30(25(34)35-22)13-16-3-1-7-27-11-16/h1-11,14H,12-13,15H2,(H,28,31)/b22-9-. The summed E-state index contributed by atoms with van der Waals surface area (Å²) in [6.45, 7) is 0.830. The monoisotopic (exact) mass is 566 g/mol. The number of nitrogens with zero attached hydrogens (tertiary/aromatic N) is 3. The number of carbonyl (C=O) groups is 2. The maximum absolute atomic E-state index is 13.1. The Hall–Kier alpha value is -3.21. The number of benzene rings is 1. The molecule has 0 saturated carbocycles. The Morgan fingerprint density at radius 1 is 1.26 bits per heavy atom. The van der Waals surface area contributed by atoms with Crippen LogP contribution in [0.1, 0.15) is 16.9 Å². The Kier molecular flexibility index (Phi) is 6.85. The van der Waals surface area contributed by atoms with E-state index in [4.69, 9.17) is 16.6 Å². The van der Waals surface area contributed by atoms with Gasteiger partial charge >= 0.3 is 0 Å². The number of amides is 2. The minimum Gasteiger partial charge on any atom is -0.467 e. The van der Waals surface area contributed by atoms with Crippen LogP contribution < -0.4 is 5.32 Å². The van der Waals surface area contributed by atoms with E-state index in [1.54, 1.807) is 29.6 Å². The quantitative estimate of drug-likeness (QED) is 0.247. The fraction of sp³-hybridized carbons (Fsp3) is 0.120. The predicted octanol–water partition coefficient (Wildman–Crippen LogP) is 5.11. The second-order valence-electron chi connectivity index (χ2n) is 7.86. The van der Waals surface area contributed by atoms with Crippen LogP contribution in [0.2, 0.25) is 0 Å². The first-order valence-corrected chi connectivity index (χ1v) is 12.7. The normalized spacial score (nSPS) is 14.9. The minimum atomic E-state index is -0.143. The topological polar surface area (TPSA) is 80.4 Å². The van der Waals surface area contributed by atoms with Gasteiger partial charge in [-0.1, -0.05) is 46.0 Å². The van der Waals surface area contributed by atoms with Crippen LogP contribution in [-0.4, -0.2) is 30.6 Å². The van der Waals surface area contributed by atoms with Crippen LogP contribution in [0.5, 0.6) is 0 Å². The van der Waals surface area contributed by atoms with Crippen molar-refractivity contribution in [1.82, 2.24) is 19.8 Å². The number of aromatic nitrogens is 2. The summed E-state index contributed by atoms with van der Waals surface area (Å²) in [6, 6.07) is 13.2. The molecule has 5 rings (SSSR count). The Bertz CT molecular complexity index is 1450. The van der Waals surface area contributed by atoms with Gasteiger partial charge in [0.1, 0.15) is 16.6 Å². The van der Waals surface area contributed by atoms with Crippen molar-refractivity contribution in [2.45, 2.75) is 19.6 Å². The molecule has 1 saturated heterocycles. The number of nitrogens with one attached hydrogen (secondary N) is 1. The summed E-state index contributed by atoms with van der Waals surface area (Å²) in [5.74, 6) is 0.403. The summed E-state index contributed by atoms with van der Waals surface area (Å²) >= 11 is 10.3. The fourth-order valence-electron chi connectivity index (χ4n) is 3.80. The molecule has 1 aliphatic rings. The summed E-state index contributed by atoms with van der Waals surface area (Å²) in [5.41, 5.74) is 2.63. The summed E-state index contributed by atoms with van der Waals surface area (Å²) in [5, 5.41) is 3.80. The second kappa shape index (κ2) is 10.2. The first-order chi connectivity index (χ1) is 17.0. The van der Waals surface area contributed by atoms with Crippen molar-refractivity contribution in [2.75, 3.05) is 0 Å². The third kappa shape index (κ3) is 5.24. The number of halogens is 1. The average Bonchev–Trinajstić information content (AvgIpc) is 3.55. The Balaban J connectivity index is 1.40. The highest BCUT2D eigenvalue weighted by Crippen LogP contribution is 2.35. The smallest absolute Gasteiger partial charge is 0.266 e. The Morgan fingerprint density at radius 2 is 2.14 bits per heavy atom. The van der Waals surface area contributed by atoms with Gasteiger partial charge in [0, 0.05) is 39.5 Å². The number of carbonyl (C=O) groups excluding carboxylic acids is 2. The molecular formula is C25H19BrN4O3S2. The molecule has 35 heavy (non-hydrogen) atoms. The lowest BCUT2D eigenvalue weighted by Gasteiger charge is -2.13. The van der Waals surface area contributed by atoms with Gasteiger partial charge in [-0.3, -0.25) is 19.5 Å². The minimum absolute atomic E-state index is 0.134. The van der Waals surface area contributed by atoms with Gasteiger partial charge in [-0.2, -0.15) is 0 Å². The van der Waals surface area contributed by atoms with Crippen molar-refractivity contribution in [3.63, 3.8) is 0 Å². The van der Waals surface area contributed by atoms with Gasteiger partial charge in [0.15, 0.2) is 0 Å². The third-order valence-corrected chi connectivity index (χ3v) is 7.32. The number of hydrogen-bond acceptors (Lipinski definition) is 6. The van der Waals surface area contributed by atoms with E-state index in [2.05, 4.69) is 26.2 Å². The zero-order chi connectivity index (χ0) is 24.4. The maximum atomic E-state index is 13.1. The van der Waals surface area contributed by atoms with Crippen molar-refractivity contribution < 1.29 is 14.0 Å². The summed E-state index contributed by atoms with van der Waals surface area (Å²) < 4.78 is 8.56. The lowest BCUT2D eigenvalue weighted by atomic mass is 10.1. The van der Waals surface area contributed by atoms with Crippen molar-refractivity contribution in [2.24, 2.45) is 0 Å². The SMILES string of the molecule is O=C(Cn1cc(/C=C2\SC(=S)N(Cc3cccnc3)C2=O)c2cc(Br)ccc21)NCc1ccco1. The molecule has 0 spiro atoms. The van der Waals surface area contributed by atoms with Gasteiger partial charge in [0.25, 0.3) is 5.91 Å². The van der Waals surface area contributed by atoms with Crippen molar-refractivity contribution in [1.29, 1.82) is 0 Å². The number of thiocarbonyl (C=S) groups is 1. The molecule has 0 aliphatic carbocycles. The maximum Gasteiger partial charge on any atom is 0.266 e. The van der Waals surface area contributed by atoms with E-state index in [0.29, 0.717) is 28.1 Å². The van der Waals surface area contributed by atoms with E-state index >= 15 is 0 Å². The number of pyridine rings is 1. The van der Waals surface area contributed by atoms with Crippen LogP contribution in [0.3, 0.4) is 0 Å². The van der Waals surface area contributed by atoms with Crippen molar-refractivity contribution in [3.8, 4) is 0 Å². The molecule has 4 heterocycles. The zero-order valence-electron chi connectivity index (χ0n) is 18.3. The largest absolute Gasteiger partial charge is 0.467 e. The molecule has 0 unspecified atom stereocenters. The molecule has 176 valence electrons. The average molecular weight is 567 g/mol. The summed E-state index contributed by atoms with van der Waals surface area (Å²) in [6.07, 6.45) is 8.72. The van der Waals surface area contributed by atoms with Crippen molar-refractivity contribution in [3.05, 3.63) is 93.6 Å². The molecule has 4 aromatic rings. The van der Waals surface area contributed by atoms with Crippen LogP contribution >= 0.6 is 39.9 Å². The molecule has 1 aliphatic heterocycles. The number of thioether (sulfide) groups is 1. The Labute approximate surface area is 219 Å². The second-order valence-corrected chi connectivity index (χ2v) is 10.5. The van der Waals surface area contributed by atoms with E-state index in [9.17, 15) is 9.59 Å². The third-order valence-electron chi connectivity index (χ3n) is 5.45. The van der Waals surface area contributed by atoms with Crippen LogP contribution in [0.4, 0.5) is 0 Å². The van der Waals surface area contributed by atoms with Gasteiger partial charge in [-0.25, -0.2) is 0 Å². The molecule has 0 radical (unpaired) electrons. The number of furan rings is 1. The summed E-state index contributed by atoms with van der Waals surface area (Å²) in [7, 11) is 0. The molecule has 1 aromatic carbocycles. The fourth-order valence-corrected chi connectivity index (χ4v) is 5.41. The number of rotatable bonds is 7. The van der Waals surface area contributed by atoms with Crippen LogP contribution in [0.25, 0.3) is 17.0 Å². The highest BCUT2D eigenvalue weighted by atomic mass is 79.9. The first kappa shape index (κ1) is 23.5. The van der Waals surface area contributed by atoms with E-state index in [-0.39, 0.29) is 18.4 Å². The molecule has 7 nitrogen and oxygen atoms in total. The summed E-state index contributed by atoms with van der Waals surface area (Å²) in [4.78, 5) is 32.0. The number of fused-ring (bicyclic) bond motifs is 1. The van der Waals surface area contributed by atoms with Crippen molar-refractivity contribution >= 4 is 73.0 Å². The molecule has 10 heteroatoms. The molecule has 2 amide bonds. The lowest BCUT2D eigenvalue weighted by molar-refractivity contribution is -0.123.